The summed E-state index contributed by atoms with van der Waals surface area (Å²) in [6.07, 6.45) is 0.993. The van der Waals surface area contributed by atoms with Crippen LogP contribution in [-0.2, 0) is 0 Å². The van der Waals surface area contributed by atoms with Gasteiger partial charge in [0.15, 0.2) is 0 Å². The molecule has 4 nitrogen and oxygen atoms in total. The zero-order valence-corrected chi connectivity index (χ0v) is 9.10. The summed E-state index contributed by atoms with van der Waals surface area (Å²) in [4.78, 5) is 0. The smallest absolute Gasteiger partial charge is 0.0590 e. The summed E-state index contributed by atoms with van der Waals surface area (Å²) >= 11 is 1.06. The highest BCUT2D eigenvalue weighted by atomic mass is 32.2. The van der Waals surface area contributed by atoms with Gasteiger partial charge in [0.1, 0.15) is 0 Å². The highest BCUT2D eigenvalue weighted by Crippen LogP contribution is 2.29. The first-order valence-electron chi connectivity index (χ1n) is 4.50. The van der Waals surface area contributed by atoms with E-state index in [0.29, 0.717) is 6.54 Å². The molecular weight excluding hydrogens is 188 g/mol. The summed E-state index contributed by atoms with van der Waals surface area (Å²) in [7, 11) is 0. The molecule has 80 valence electrons. The van der Waals surface area contributed by atoms with Gasteiger partial charge in [-0.05, 0) is 19.8 Å². The Morgan fingerprint density at radius 1 is 1.62 bits per heavy atom. The van der Waals surface area contributed by atoms with Gasteiger partial charge in [-0.1, -0.05) is 6.92 Å². The van der Waals surface area contributed by atoms with E-state index >= 15 is 0 Å². The normalized spacial score (nSPS) is 18.2. The Kier molecular flexibility index (Phi) is 6.71. The zero-order valence-electron chi connectivity index (χ0n) is 8.29. The molecule has 5 N–H and O–H groups in total. The lowest BCUT2D eigenvalue weighted by Crippen LogP contribution is -2.38. The van der Waals surface area contributed by atoms with Crippen LogP contribution in [0.25, 0.3) is 0 Å². The Morgan fingerprint density at radius 3 is 2.54 bits per heavy atom. The minimum Gasteiger partial charge on any atom is -0.396 e. The van der Waals surface area contributed by atoms with Gasteiger partial charge in [-0.2, -0.15) is 0 Å². The fourth-order valence-electron chi connectivity index (χ4n) is 1.36. The third kappa shape index (κ3) is 3.83. The van der Waals surface area contributed by atoms with Gasteiger partial charge in [0.05, 0.1) is 12.7 Å². The number of nitrogens with one attached hydrogen (secondary N) is 1. The van der Waals surface area contributed by atoms with Gasteiger partial charge in [0.25, 0.3) is 0 Å². The number of aliphatic hydroxyl groups is 2. The maximum Gasteiger partial charge on any atom is 0.0590 e. The van der Waals surface area contributed by atoms with Crippen molar-refractivity contribution in [1.82, 2.24) is 4.72 Å². The van der Waals surface area contributed by atoms with Crippen molar-refractivity contribution in [3.63, 3.8) is 0 Å². The van der Waals surface area contributed by atoms with Gasteiger partial charge in [-0.25, -0.2) is 0 Å². The van der Waals surface area contributed by atoms with Crippen LogP contribution in [0.4, 0.5) is 0 Å². The molecule has 0 rings (SSSR count). The summed E-state index contributed by atoms with van der Waals surface area (Å²) in [5.41, 5.74) is -0.386. The summed E-state index contributed by atoms with van der Waals surface area (Å²) < 4.78 is 2.90. The molecule has 0 aliphatic carbocycles. The Morgan fingerprint density at radius 2 is 2.23 bits per heavy atom. The fourth-order valence-corrected chi connectivity index (χ4v) is 1.58. The molecule has 13 heavy (non-hydrogen) atoms. The van der Waals surface area contributed by atoms with Crippen molar-refractivity contribution in [3.05, 3.63) is 0 Å². The monoisotopic (exact) mass is 208 g/mol. The molecule has 0 radical (unpaired) electrons. The topological polar surface area (TPSA) is 78.5 Å². The van der Waals surface area contributed by atoms with Crippen molar-refractivity contribution in [2.75, 3.05) is 13.2 Å². The van der Waals surface area contributed by atoms with E-state index in [1.54, 1.807) is 6.92 Å². The lowest BCUT2D eigenvalue weighted by Gasteiger charge is -2.33. The second-order valence-corrected chi connectivity index (χ2v) is 3.84. The second-order valence-electron chi connectivity index (χ2n) is 3.31. The Hall–Kier alpha value is 0.190. The molecule has 0 aliphatic rings. The van der Waals surface area contributed by atoms with E-state index in [-0.39, 0.29) is 12.0 Å². The highest BCUT2D eigenvalue weighted by molar-refractivity contribution is 7.95. The van der Waals surface area contributed by atoms with Crippen LogP contribution in [0.5, 0.6) is 0 Å². The van der Waals surface area contributed by atoms with E-state index in [4.69, 9.17) is 5.14 Å². The Bertz CT molecular complexity index is 129. The maximum absolute atomic E-state index is 9.54. The molecular formula is C8H20N2O2S. The average molecular weight is 208 g/mol. The Labute approximate surface area is 84.2 Å². The minimum absolute atomic E-state index is 0.0120. The van der Waals surface area contributed by atoms with E-state index < -0.39 is 6.10 Å². The maximum atomic E-state index is 9.54. The van der Waals surface area contributed by atoms with Crippen LogP contribution in [0.2, 0.25) is 0 Å². The van der Waals surface area contributed by atoms with Crippen molar-refractivity contribution in [2.45, 2.75) is 32.8 Å². The lowest BCUT2D eigenvalue weighted by atomic mass is 9.78. The molecule has 0 fully saturated rings. The molecule has 2 unspecified atom stereocenters. The van der Waals surface area contributed by atoms with E-state index in [1.807, 2.05) is 6.92 Å². The molecule has 0 aliphatic heterocycles. The van der Waals surface area contributed by atoms with Crippen molar-refractivity contribution in [3.8, 4) is 0 Å². The third-order valence-corrected chi connectivity index (χ3v) is 3.08. The standard InChI is InChI=1S/C8H20N2O2S/c1-3-8(6-11,7(2)12)4-5-10-13-9/h7,10-12H,3-6,9H2,1-2H3. The first kappa shape index (κ1) is 13.2. The van der Waals surface area contributed by atoms with Crippen LogP contribution in [0, 0.1) is 5.41 Å². The number of hydrogen-bond acceptors (Lipinski definition) is 5. The molecule has 0 aromatic heterocycles. The molecule has 0 heterocycles. The average Bonchev–Trinajstić information content (AvgIpc) is 2.13. The van der Waals surface area contributed by atoms with Crippen LogP contribution < -0.4 is 9.86 Å². The molecule has 2 atom stereocenters. The predicted molar refractivity (Wildman–Crippen MR) is 55.9 cm³/mol. The quantitative estimate of drug-likeness (QED) is 0.356. The van der Waals surface area contributed by atoms with E-state index in [2.05, 4.69) is 4.72 Å². The lowest BCUT2D eigenvalue weighted by molar-refractivity contribution is -0.0146. The molecule has 0 saturated carbocycles. The number of hydrogen-bond donors (Lipinski definition) is 4. The molecule has 0 aromatic rings. The summed E-state index contributed by atoms with van der Waals surface area (Å²) in [5, 5.41) is 24.0. The number of nitrogens with two attached hydrogens (primary N) is 1. The molecule has 0 saturated heterocycles. The SMILES string of the molecule is CCC(CO)(CCNSN)C(C)O. The van der Waals surface area contributed by atoms with Gasteiger partial charge < -0.3 is 10.2 Å². The number of aliphatic hydroxyl groups excluding tert-OH is 2. The van der Waals surface area contributed by atoms with E-state index in [9.17, 15) is 10.2 Å². The van der Waals surface area contributed by atoms with Crippen LogP contribution in [0.3, 0.4) is 0 Å². The predicted octanol–water partition coefficient (Wildman–Crippen LogP) is 0.258. The van der Waals surface area contributed by atoms with Crippen molar-refractivity contribution in [2.24, 2.45) is 10.6 Å². The van der Waals surface area contributed by atoms with Crippen LogP contribution in [0.15, 0.2) is 0 Å². The summed E-state index contributed by atoms with van der Waals surface area (Å²) in [6, 6.07) is 0. The van der Waals surface area contributed by atoms with Crippen LogP contribution in [0.1, 0.15) is 26.7 Å². The minimum atomic E-state index is -0.493. The van der Waals surface area contributed by atoms with E-state index in [1.165, 1.54) is 0 Å². The van der Waals surface area contributed by atoms with Gasteiger partial charge in [-0.3, -0.25) is 9.86 Å². The van der Waals surface area contributed by atoms with Crippen molar-refractivity contribution in [1.29, 1.82) is 0 Å². The fraction of sp³-hybridized carbons (Fsp3) is 1.00. The van der Waals surface area contributed by atoms with E-state index in [0.717, 1.165) is 25.0 Å². The molecule has 0 aromatic carbocycles. The molecule has 0 bridgehead atoms. The van der Waals surface area contributed by atoms with Gasteiger partial charge in [-0.15, -0.1) is 0 Å². The molecule has 0 spiro atoms. The van der Waals surface area contributed by atoms with Crippen molar-refractivity contribution >= 4 is 12.1 Å². The zero-order chi connectivity index (χ0) is 10.3. The van der Waals surface area contributed by atoms with Crippen LogP contribution in [-0.4, -0.2) is 29.5 Å². The van der Waals surface area contributed by atoms with Gasteiger partial charge >= 0.3 is 0 Å². The summed E-state index contributed by atoms with van der Waals surface area (Å²) in [6.45, 7) is 4.40. The summed E-state index contributed by atoms with van der Waals surface area (Å²) in [5.74, 6) is 0. The van der Waals surface area contributed by atoms with Gasteiger partial charge in [0.2, 0.25) is 0 Å². The first-order chi connectivity index (χ1) is 6.13. The van der Waals surface area contributed by atoms with Gasteiger partial charge in [0, 0.05) is 24.1 Å². The largest absolute Gasteiger partial charge is 0.396 e. The second kappa shape index (κ2) is 6.62. The molecule has 0 amide bonds. The molecule has 5 heteroatoms. The first-order valence-corrected chi connectivity index (χ1v) is 5.38. The highest BCUT2D eigenvalue weighted by Gasteiger charge is 2.32. The van der Waals surface area contributed by atoms with Crippen LogP contribution >= 0.6 is 12.1 Å². The van der Waals surface area contributed by atoms with Crippen molar-refractivity contribution < 1.29 is 10.2 Å². The number of rotatable bonds is 7. The Balaban J connectivity index is 4.06. The third-order valence-electron chi connectivity index (χ3n) is 2.71.